The maximum Gasteiger partial charge on any atom is 0.0815 e. The highest BCUT2D eigenvalue weighted by Crippen LogP contribution is 2.18. The number of aliphatic hydroxyl groups is 1. The summed E-state index contributed by atoms with van der Waals surface area (Å²) >= 11 is 0. The average Bonchev–Trinajstić information content (AvgIpc) is 2.38. The minimum atomic E-state index is -0.541. The molecule has 0 saturated carbocycles. The Hall–Kier alpha value is -0.200. The third-order valence-corrected chi connectivity index (χ3v) is 4.08. The fraction of sp³-hybridized carbons (Fsp3) is 1.00. The van der Waals surface area contributed by atoms with Crippen LogP contribution in [0.3, 0.4) is 0 Å². The molecule has 5 heteroatoms. The van der Waals surface area contributed by atoms with E-state index in [1.54, 1.807) is 0 Å². The van der Waals surface area contributed by atoms with Gasteiger partial charge in [0.2, 0.25) is 0 Å². The highest BCUT2D eigenvalue weighted by atomic mass is 16.5. The summed E-state index contributed by atoms with van der Waals surface area (Å²) in [5.41, 5.74) is -0.541. The minimum absolute atomic E-state index is 0.541. The molecule has 0 bridgehead atoms. The molecule has 18 heavy (non-hydrogen) atoms. The van der Waals surface area contributed by atoms with Crippen molar-refractivity contribution < 1.29 is 9.84 Å². The van der Waals surface area contributed by atoms with E-state index in [1.807, 2.05) is 0 Å². The molecule has 0 atom stereocenters. The Labute approximate surface area is 110 Å². The Morgan fingerprint density at radius 3 is 2.50 bits per heavy atom. The number of likely N-dealkylation sites (N-methyl/N-ethyl adjacent to an activating group) is 1. The Morgan fingerprint density at radius 2 is 1.83 bits per heavy atom. The van der Waals surface area contributed by atoms with Crippen LogP contribution >= 0.6 is 0 Å². The summed E-state index contributed by atoms with van der Waals surface area (Å²) in [7, 11) is 2.18. The van der Waals surface area contributed by atoms with Gasteiger partial charge in [-0.1, -0.05) is 0 Å². The van der Waals surface area contributed by atoms with Gasteiger partial charge in [-0.15, -0.1) is 0 Å². The van der Waals surface area contributed by atoms with Crippen molar-refractivity contribution in [2.45, 2.75) is 18.4 Å². The van der Waals surface area contributed by atoms with E-state index >= 15 is 0 Å². The number of piperazine rings is 1. The number of hydrogen-bond donors (Lipinski definition) is 2. The molecule has 2 aliphatic rings. The lowest BCUT2D eigenvalue weighted by Crippen LogP contribution is -2.49. The van der Waals surface area contributed by atoms with Gasteiger partial charge in [0.05, 0.1) is 5.60 Å². The predicted octanol–water partition coefficient (Wildman–Crippen LogP) is -0.635. The van der Waals surface area contributed by atoms with Gasteiger partial charge in [0.1, 0.15) is 0 Å². The first-order chi connectivity index (χ1) is 8.68. The molecule has 2 N–H and O–H groups in total. The van der Waals surface area contributed by atoms with Gasteiger partial charge >= 0.3 is 0 Å². The van der Waals surface area contributed by atoms with Gasteiger partial charge in [0, 0.05) is 71.9 Å². The van der Waals surface area contributed by atoms with Crippen molar-refractivity contribution >= 4 is 0 Å². The van der Waals surface area contributed by atoms with Crippen LogP contribution in [0.25, 0.3) is 0 Å². The Bertz CT molecular complexity index is 236. The van der Waals surface area contributed by atoms with Crippen LogP contribution in [0.2, 0.25) is 0 Å². The minimum Gasteiger partial charge on any atom is -0.388 e. The lowest BCUT2D eigenvalue weighted by atomic mass is 9.94. The van der Waals surface area contributed by atoms with Crippen molar-refractivity contribution in [1.82, 2.24) is 15.1 Å². The molecule has 0 spiro atoms. The van der Waals surface area contributed by atoms with Gasteiger partial charge in [-0.25, -0.2) is 0 Å². The molecular weight excluding hydrogens is 230 g/mol. The monoisotopic (exact) mass is 257 g/mol. The van der Waals surface area contributed by atoms with Crippen molar-refractivity contribution in [2.75, 3.05) is 66.1 Å². The highest BCUT2D eigenvalue weighted by molar-refractivity contribution is 4.83. The van der Waals surface area contributed by atoms with Crippen molar-refractivity contribution in [3.8, 4) is 0 Å². The van der Waals surface area contributed by atoms with E-state index in [-0.39, 0.29) is 0 Å². The van der Waals surface area contributed by atoms with Crippen LogP contribution in [0.15, 0.2) is 0 Å². The summed E-state index contributed by atoms with van der Waals surface area (Å²) in [4.78, 5) is 4.86. The first kappa shape index (κ1) is 14.2. The summed E-state index contributed by atoms with van der Waals surface area (Å²) in [5, 5.41) is 13.7. The fourth-order valence-corrected chi connectivity index (χ4v) is 2.56. The second-order valence-electron chi connectivity index (χ2n) is 5.66. The van der Waals surface area contributed by atoms with Crippen molar-refractivity contribution in [1.29, 1.82) is 0 Å². The zero-order valence-corrected chi connectivity index (χ0v) is 11.5. The molecule has 5 nitrogen and oxygen atoms in total. The van der Waals surface area contributed by atoms with Crippen LogP contribution in [-0.4, -0.2) is 86.6 Å². The van der Waals surface area contributed by atoms with Gasteiger partial charge in [0.25, 0.3) is 0 Å². The first-order valence-corrected chi connectivity index (χ1v) is 7.10. The van der Waals surface area contributed by atoms with Crippen molar-refractivity contribution in [2.24, 2.45) is 0 Å². The largest absolute Gasteiger partial charge is 0.388 e. The van der Waals surface area contributed by atoms with E-state index in [0.717, 1.165) is 39.0 Å². The maximum atomic E-state index is 10.3. The van der Waals surface area contributed by atoms with E-state index in [2.05, 4.69) is 22.2 Å². The third kappa shape index (κ3) is 4.48. The van der Waals surface area contributed by atoms with Gasteiger partial charge < -0.3 is 20.1 Å². The first-order valence-electron chi connectivity index (χ1n) is 7.10. The molecule has 0 unspecified atom stereocenters. The predicted molar refractivity (Wildman–Crippen MR) is 71.8 cm³/mol. The molecule has 106 valence electrons. The molecule has 2 aliphatic heterocycles. The lowest BCUT2D eigenvalue weighted by Gasteiger charge is -2.34. The Balaban J connectivity index is 1.55. The van der Waals surface area contributed by atoms with E-state index in [0.29, 0.717) is 19.8 Å². The van der Waals surface area contributed by atoms with Crippen molar-refractivity contribution in [3.05, 3.63) is 0 Å². The molecule has 2 saturated heterocycles. The van der Waals surface area contributed by atoms with E-state index in [4.69, 9.17) is 4.74 Å². The van der Waals surface area contributed by atoms with E-state index in [1.165, 1.54) is 13.1 Å². The zero-order valence-electron chi connectivity index (χ0n) is 11.5. The lowest BCUT2D eigenvalue weighted by molar-refractivity contribution is -0.0616. The van der Waals surface area contributed by atoms with Gasteiger partial charge in [0.15, 0.2) is 0 Å². The second-order valence-corrected chi connectivity index (χ2v) is 5.66. The average molecular weight is 257 g/mol. The molecule has 0 aromatic carbocycles. The van der Waals surface area contributed by atoms with Crippen LogP contribution in [0, 0.1) is 0 Å². The second kappa shape index (κ2) is 6.82. The highest BCUT2D eigenvalue weighted by Gasteiger charge is 2.29. The molecule has 0 radical (unpaired) electrons. The van der Waals surface area contributed by atoms with Gasteiger partial charge in [-0.05, 0) is 7.05 Å². The van der Waals surface area contributed by atoms with Crippen molar-refractivity contribution in [3.63, 3.8) is 0 Å². The number of ether oxygens (including phenoxy) is 1. The third-order valence-electron chi connectivity index (χ3n) is 4.08. The molecule has 2 rings (SSSR count). The summed E-state index contributed by atoms with van der Waals surface area (Å²) in [6.45, 7) is 8.79. The van der Waals surface area contributed by atoms with Crippen LogP contribution in [0.5, 0.6) is 0 Å². The molecule has 2 heterocycles. The summed E-state index contributed by atoms with van der Waals surface area (Å²) in [6.07, 6.45) is 1.52. The summed E-state index contributed by atoms with van der Waals surface area (Å²) in [5.74, 6) is 0. The van der Waals surface area contributed by atoms with Crippen LogP contribution in [0.4, 0.5) is 0 Å². The van der Waals surface area contributed by atoms with E-state index in [9.17, 15) is 5.11 Å². The molecule has 0 aromatic rings. The Morgan fingerprint density at radius 1 is 1.17 bits per heavy atom. The summed E-state index contributed by atoms with van der Waals surface area (Å²) < 4.78 is 5.28. The van der Waals surface area contributed by atoms with Crippen LogP contribution in [0.1, 0.15) is 12.8 Å². The smallest absolute Gasteiger partial charge is 0.0815 e. The number of hydrogen-bond acceptors (Lipinski definition) is 5. The summed E-state index contributed by atoms with van der Waals surface area (Å²) in [6, 6.07) is 0. The zero-order chi connectivity index (χ0) is 12.8. The Kier molecular flexibility index (Phi) is 5.38. The fourth-order valence-electron chi connectivity index (χ4n) is 2.56. The molecule has 0 aromatic heterocycles. The van der Waals surface area contributed by atoms with Gasteiger partial charge in [-0.2, -0.15) is 0 Å². The van der Waals surface area contributed by atoms with Crippen LogP contribution in [-0.2, 0) is 4.74 Å². The molecule has 2 fully saturated rings. The van der Waals surface area contributed by atoms with E-state index < -0.39 is 5.60 Å². The van der Waals surface area contributed by atoms with Crippen LogP contribution < -0.4 is 5.32 Å². The SMILES string of the molecule is CN1CCN(CCNCC2(O)CCOCC2)CC1. The standard InChI is InChI=1S/C13H27N3O2/c1-15-6-8-16(9-7-15)5-4-14-12-13(17)2-10-18-11-3-13/h14,17H,2-12H2,1H3. The normalized spacial score (nSPS) is 26.3. The maximum absolute atomic E-state index is 10.3. The molecule has 0 amide bonds. The van der Waals surface area contributed by atoms with Gasteiger partial charge in [-0.3, -0.25) is 4.90 Å². The quantitative estimate of drug-likeness (QED) is 0.642. The topological polar surface area (TPSA) is 48.0 Å². The molecule has 0 aliphatic carbocycles. The number of nitrogens with zero attached hydrogens (tertiary/aromatic N) is 2. The molecular formula is C13H27N3O2. The number of nitrogens with one attached hydrogen (secondary N) is 1. The number of rotatable bonds is 5.